The molecule has 2 heterocycles. The van der Waals surface area contributed by atoms with Crippen molar-refractivity contribution in [3.63, 3.8) is 0 Å². The SMILES string of the molecule is COc1cc(-c2nnc(COC(=O)c3cccnc3SC)o2)cc(OC)c1OC. The van der Waals surface area contributed by atoms with E-state index in [0.29, 0.717) is 33.4 Å². The van der Waals surface area contributed by atoms with Crippen molar-refractivity contribution < 1.29 is 28.2 Å². The van der Waals surface area contributed by atoms with E-state index < -0.39 is 5.97 Å². The molecule has 0 aliphatic heterocycles. The van der Waals surface area contributed by atoms with E-state index in [1.54, 1.807) is 30.5 Å². The number of hydrogen-bond donors (Lipinski definition) is 0. The molecular formula is C19H19N3O6S. The third-order valence-electron chi connectivity index (χ3n) is 3.89. The van der Waals surface area contributed by atoms with Gasteiger partial charge in [0.15, 0.2) is 18.1 Å². The highest BCUT2D eigenvalue weighted by molar-refractivity contribution is 7.98. The molecule has 1 aromatic carbocycles. The van der Waals surface area contributed by atoms with E-state index in [4.69, 9.17) is 23.4 Å². The van der Waals surface area contributed by atoms with Crippen LogP contribution >= 0.6 is 11.8 Å². The van der Waals surface area contributed by atoms with Crippen LogP contribution in [0.4, 0.5) is 0 Å². The second-order valence-corrected chi connectivity index (χ2v) is 6.35. The molecule has 0 N–H and O–H groups in total. The third-order valence-corrected chi connectivity index (χ3v) is 4.60. The lowest BCUT2D eigenvalue weighted by Crippen LogP contribution is -2.07. The fourth-order valence-corrected chi connectivity index (χ4v) is 3.08. The van der Waals surface area contributed by atoms with Crippen molar-refractivity contribution in [2.24, 2.45) is 0 Å². The number of carbonyl (C=O) groups is 1. The van der Waals surface area contributed by atoms with Gasteiger partial charge in [0.25, 0.3) is 5.89 Å². The van der Waals surface area contributed by atoms with E-state index in [2.05, 4.69) is 15.2 Å². The van der Waals surface area contributed by atoms with Crippen molar-refractivity contribution in [3.05, 3.63) is 41.9 Å². The highest BCUT2D eigenvalue weighted by atomic mass is 32.2. The zero-order valence-corrected chi connectivity index (χ0v) is 17.1. The summed E-state index contributed by atoms with van der Waals surface area (Å²) in [7, 11) is 4.55. The largest absolute Gasteiger partial charge is 0.493 e. The molecule has 9 nitrogen and oxygen atoms in total. The van der Waals surface area contributed by atoms with E-state index in [0.717, 1.165) is 0 Å². The van der Waals surface area contributed by atoms with Crippen molar-refractivity contribution in [2.45, 2.75) is 11.6 Å². The van der Waals surface area contributed by atoms with Gasteiger partial charge in [0.1, 0.15) is 5.03 Å². The van der Waals surface area contributed by atoms with Gasteiger partial charge in [-0.05, 0) is 30.5 Å². The summed E-state index contributed by atoms with van der Waals surface area (Å²) in [4.78, 5) is 16.4. The Bertz CT molecular complexity index is 982. The molecule has 3 aromatic rings. The number of aromatic nitrogens is 3. The predicted octanol–water partition coefficient (Wildman–Crippen LogP) is 3.24. The van der Waals surface area contributed by atoms with Crippen LogP contribution < -0.4 is 14.2 Å². The van der Waals surface area contributed by atoms with Crippen LogP contribution in [0, 0.1) is 0 Å². The summed E-state index contributed by atoms with van der Waals surface area (Å²) in [6.07, 6.45) is 3.45. The van der Waals surface area contributed by atoms with Gasteiger partial charge in [0.05, 0.1) is 26.9 Å². The van der Waals surface area contributed by atoms with Gasteiger partial charge in [-0.1, -0.05) is 0 Å². The molecule has 3 rings (SSSR count). The maximum absolute atomic E-state index is 12.3. The topological polar surface area (TPSA) is 106 Å². The number of esters is 1. The second kappa shape index (κ2) is 9.28. The molecule has 0 atom stereocenters. The molecule has 0 spiro atoms. The van der Waals surface area contributed by atoms with Crippen molar-refractivity contribution in [2.75, 3.05) is 27.6 Å². The van der Waals surface area contributed by atoms with Crippen molar-refractivity contribution >= 4 is 17.7 Å². The van der Waals surface area contributed by atoms with E-state index >= 15 is 0 Å². The van der Waals surface area contributed by atoms with Gasteiger partial charge < -0.3 is 23.4 Å². The van der Waals surface area contributed by atoms with Gasteiger partial charge in [-0.25, -0.2) is 9.78 Å². The number of carbonyl (C=O) groups excluding carboxylic acids is 1. The van der Waals surface area contributed by atoms with E-state index in [1.165, 1.54) is 33.1 Å². The number of hydrogen-bond acceptors (Lipinski definition) is 10. The van der Waals surface area contributed by atoms with Crippen LogP contribution in [-0.2, 0) is 11.3 Å². The first-order valence-corrected chi connectivity index (χ1v) is 9.62. The zero-order valence-electron chi connectivity index (χ0n) is 16.3. The van der Waals surface area contributed by atoms with Crippen LogP contribution in [0.25, 0.3) is 11.5 Å². The van der Waals surface area contributed by atoms with Crippen LogP contribution in [0.2, 0.25) is 0 Å². The number of thioether (sulfide) groups is 1. The number of nitrogens with zero attached hydrogens (tertiary/aromatic N) is 3. The van der Waals surface area contributed by atoms with E-state index in [-0.39, 0.29) is 18.4 Å². The molecule has 0 saturated heterocycles. The third kappa shape index (κ3) is 4.43. The fraction of sp³-hybridized carbons (Fsp3) is 0.263. The molecule has 29 heavy (non-hydrogen) atoms. The van der Waals surface area contributed by atoms with Crippen molar-refractivity contribution in [1.82, 2.24) is 15.2 Å². The summed E-state index contributed by atoms with van der Waals surface area (Å²) in [5, 5.41) is 8.51. The molecule has 10 heteroatoms. The standard InChI is InChI=1S/C19H19N3O6S/c1-24-13-8-11(9-14(25-2)16(13)26-3)17-22-21-15(28-17)10-27-19(23)12-6-5-7-20-18(12)29-4/h5-9H,10H2,1-4H3. The molecule has 0 fully saturated rings. The Balaban J connectivity index is 1.77. The van der Waals surface area contributed by atoms with E-state index in [9.17, 15) is 4.79 Å². The molecule has 0 amide bonds. The lowest BCUT2D eigenvalue weighted by molar-refractivity contribution is 0.0433. The molecule has 0 saturated carbocycles. The average Bonchev–Trinajstić information content (AvgIpc) is 3.25. The Morgan fingerprint density at radius 1 is 1.10 bits per heavy atom. The summed E-state index contributed by atoms with van der Waals surface area (Å²) in [5.41, 5.74) is 0.950. The first kappa shape index (κ1) is 20.5. The Hall–Kier alpha value is -3.27. The Labute approximate surface area is 171 Å². The van der Waals surface area contributed by atoms with Gasteiger partial charge in [-0.2, -0.15) is 0 Å². The molecule has 0 bridgehead atoms. The Morgan fingerprint density at radius 3 is 2.45 bits per heavy atom. The van der Waals surface area contributed by atoms with Crippen molar-refractivity contribution in [3.8, 4) is 28.7 Å². The van der Waals surface area contributed by atoms with Crippen LogP contribution in [0.3, 0.4) is 0 Å². The Morgan fingerprint density at radius 2 is 1.83 bits per heavy atom. The summed E-state index contributed by atoms with van der Waals surface area (Å²) < 4.78 is 26.8. The fourth-order valence-electron chi connectivity index (χ4n) is 2.55. The van der Waals surface area contributed by atoms with Gasteiger partial charge >= 0.3 is 5.97 Å². The zero-order chi connectivity index (χ0) is 20.8. The molecule has 152 valence electrons. The summed E-state index contributed by atoms with van der Waals surface area (Å²) in [6.45, 7) is -0.168. The summed E-state index contributed by atoms with van der Waals surface area (Å²) in [6, 6.07) is 6.69. The minimum Gasteiger partial charge on any atom is -0.493 e. The average molecular weight is 417 g/mol. The number of methoxy groups -OCH3 is 3. The molecule has 0 aliphatic rings. The predicted molar refractivity (Wildman–Crippen MR) is 105 cm³/mol. The smallest absolute Gasteiger partial charge is 0.341 e. The number of rotatable bonds is 8. The first-order valence-electron chi connectivity index (χ1n) is 8.40. The highest BCUT2D eigenvalue weighted by Crippen LogP contribution is 2.40. The van der Waals surface area contributed by atoms with Crippen LogP contribution in [0.15, 0.2) is 39.9 Å². The minimum atomic E-state index is -0.519. The lowest BCUT2D eigenvalue weighted by atomic mass is 10.2. The summed E-state index contributed by atoms with van der Waals surface area (Å²) >= 11 is 1.36. The van der Waals surface area contributed by atoms with Crippen LogP contribution in [0.1, 0.15) is 16.2 Å². The van der Waals surface area contributed by atoms with Gasteiger partial charge in [0, 0.05) is 11.8 Å². The molecule has 0 unspecified atom stereocenters. The lowest BCUT2D eigenvalue weighted by Gasteiger charge is -2.12. The van der Waals surface area contributed by atoms with E-state index in [1.807, 2.05) is 6.26 Å². The monoisotopic (exact) mass is 417 g/mol. The molecule has 0 radical (unpaired) electrons. The van der Waals surface area contributed by atoms with Crippen LogP contribution in [0.5, 0.6) is 17.2 Å². The molecular weight excluding hydrogens is 398 g/mol. The highest BCUT2D eigenvalue weighted by Gasteiger charge is 2.19. The van der Waals surface area contributed by atoms with Gasteiger partial charge in [0.2, 0.25) is 11.6 Å². The number of ether oxygens (including phenoxy) is 4. The van der Waals surface area contributed by atoms with Gasteiger partial charge in [-0.3, -0.25) is 0 Å². The minimum absolute atomic E-state index is 0.150. The maximum Gasteiger partial charge on any atom is 0.341 e. The quantitative estimate of drug-likeness (QED) is 0.400. The van der Waals surface area contributed by atoms with Crippen LogP contribution in [-0.4, -0.2) is 48.7 Å². The Kier molecular flexibility index (Phi) is 6.55. The molecule has 2 aromatic heterocycles. The normalized spacial score (nSPS) is 10.5. The molecule has 0 aliphatic carbocycles. The summed E-state index contributed by atoms with van der Waals surface area (Å²) in [5.74, 6) is 1.21. The number of pyridine rings is 1. The van der Waals surface area contributed by atoms with Crippen molar-refractivity contribution in [1.29, 1.82) is 0 Å². The number of benzene rings is 1. The second-order valence-electron chi connectivity index (χ2n) is 5.55. The maximum atomic E-state index is 12.3. The first-order chi connectivity index (χ1) is 14.1. The van der Waals surface area contributed by atoms with Gasteiger partial charge in [-0.15, -0.1) is 22.0 Å².